The summed E-state index contributed by atoms with van der Waals surface area (Å²) in [6.45, 7) is 8.78. The Morgan fingerprint density at radius 3 is 2.64 bits per heavy atom. The number of carbonyl (C=O) groups excluding carboxylic acids is 1. The first-order valence-corrected chi connectivity index (χ1v) is 9.45. The maximum absolute atomic E-state index is 12.1. The highest BCUT2D eigenvalue weighted by molar-refractivity contribution is 6.05. The zero-order chi connectivity index (χ0) is 17.4. The minimum absolute atomic E-state index is 0.152. The summed E-state index contributed by atoms with van der Waals surface area (Å²) in [6, 6.07) is 9.24. The molecule has 3 aliphatic heterocycles. The first kappa shape index (κ1) is 15.4. The van der Waals surface area contributed by atoms with Gasteiger partial charge < -0.3 is 4.74 Å². The number of benzene rings is 1. The normalized spacial score (nSPS) is 31.1. The van der Waals surface area contributed by atoms with Crippen molar-refractivity contribution < 1.29 is 9.53 Å². The summed E-state index contributed by atoms with van der Waals surface area (Å²) < 4.78 is 5.94. The van der Waals surface area contributed by atoms with Gasteiger partial charge in [-0.25, -0.2) is 4.79 Å². The Morgan fingerprint density at radius 1 is 1.16 bits per heavy atom. The van der Waals surface area contributed by atoms with E-state index in [0.29, 0.717) is 6.04 Å². The van der Waals surface area contributed by atoms with Crippen LogP contribution in [0.2, 0.25) is 0 Å². The van der Waals surface area contributed by atoms with E-state index in [2.05, 4.69) is 49.9 Å². The molecule has 4 aliphatic rings. The smallest absolute Gasteiger partial charge is 0.332 e. The van der Waals surface area contributed by atoms with E-state index in [1.807, 2.05) is 0 Å². The van der Waals surface area contributed by atoms with Gasteiger partial charge in [-0.05, 0) is 41.5 Å². The fraction of sp³-hybridized carbons (Fsp3) is 0.500. The molecule has 0 amide bonds. The average molecular weight is 335 g/mol. The molecule has 25 heavy (non-hydrogen) atoms. The van der Waals surface area contributed by atoms with Crippen molar-refractivity contribution in [2.24, 2.45) is 0 Å². The number of rotatable bonds is 1. The van der Waals surface area contributed by atoms with Crippen LogP contribution < -0.4 is 0 Å². The lowest BCUT2D eigenvalue weighted by atomic mass is 9.65. The topological polar surface area (TPSA) is 29.5 Å². The van der Waals surface area contributed by atoms with Gasteiger partial charge in [0.2, 0.25) is 0 Å². The Kier molecular flexibility index (Phi) is 2.99. The molecular weight excluding hydrogens is 310 g/mol. The van der Waals surface area contributed by atoms with Crippen molar-refractivity contribution in [3.05, 3.63) is 52.6 Å². The molecule has 130 valence electrons. The minimum Gasteiger partial charge on any atom is -0.445 e. The number of hydrogen-bond donors (Lipinski definition) is 0. The molecule has 2 atom stereocenters. The zero-order valence-electron chi connectivity index (χ0n) is 15.3. The molecule has 0 N–H and O–H groups in total. The van der Waals surface area contributed by atoms with Crippen LogP contribution in [-0.2, 0) is 14.9 Å². The molecule has 1 aromatic rings. The first-order valence-electron chi connectivity index (χ1n) is 9.45. The molecule has 0 saturated carbocycles. The second kappa shape index (κ2) is 4.85. The van der Waals surface area contributed by atoms with Gasteiger partial charge in [0.05, 0.1) is 6.04 Å². The van der Waals surface area contributed by atoms with Gasteiger partial charge >= 0.3 is 5.97 Å². The number of fused-ring (bicyclic) bond motifs is 1. The summed E-state index contributed by atoms with van der Waals surface area (Å²) in [5.41, 5.74) is 6.02. The molecular formula is C22H25NO2. The molecule has 3 nitrogen and oxygen atoms in total. The van der Waals surface area contributed by atoms with Gasteiger partial charge in [-0.15, -0.1) is 0 Å². The number of hydrogen-bond acceptors (Lipinski definition) is 3. The summed E-state index contributed by atoms with van der Waals surface area (Å²) in [6.07, 6.45) is 5.36. The van der Waals surface area contributed by atoms with E-state index in [-0.39, 0.29) is 11.4 Å². The first-order chi connectivity index (χ1) is 11.9. The van der Waals surface area contributed by atoms with Crippen molar-refractivity contribution in [2.45, 2.75) is 57.1 Å². The number of ether oxygens (including phenoxy) is 1. The largest absolute Gasteiger partial charge is 0.445 e. The number of esters is 1. The maximum Gasteiger partial charge on any atom is 0.332 e. The van der Waals surface area contributed by atoms with Gasteiger partial charge in [-0.1, -0.05) is 51.5 Å². The Hall–Kier alpha value is -1.87. The van der Waals surface area contributed by atoms with Crippen molar-refractivity contribution in [3.63, 3.8) is 0 Å². The summed E-state index contributed by atoms with van der Waals surface area (Å²) in [5, 5.41) is 0. The second-order valence-electron chi connectivity index (χ2n) is 8.88. The van der Waals surface area contributed by atoms with Crippen molar-refractivity contribution in [1.29, 1.82) is 0 Å². The molecule has 3 heteroatoms. The summed E-state index contributed by atoms with van der Waals surface area (Å²) in [5.74, 6) is -0.166. The van der Waals surface area contributed by atoms with E-state index < -0.39 is 5.60 Å². The van der Waals surface area contributed by atoms with Crippen molar-refractivity contribution >= 4 is 11.5 Å². The minimum atomic E-state index is -0.421. The standard InChI is InChI=1S/C22H25NO2/c1-21(2,3)15-9-7-14(8-10-15)20-16-12-19(24)25-22(16)17(20)13-23-11-5-4-6-18(22)23/h7-10,12,18H,4-6,11,13H2,1-3H3/t18?,22-/m1/s1. The fourth-order valence-electron chi connectivity index (χ4n) is 5.19. The Morgan fingerprint density at radius 2 is 1.92 bits per heavy atom. The molecule has 0 radical (unpaired) electrons. The van der Waals surface area contributed by atoms with Crippen LogP contribution >= 0.6 is 0 Å². The highest BCUT2D eigenvalue weighted by Crippen LogP contribution is 2.61. The van der Waals surface area contributed by atoms with Gasteiger partial charge in [0, 0.05) is 23.8 Å². The predicted octanol–water partition coefficient (Wildman–Crippen LogP) is 3.84. The van der Waals surface area contributed by atoms with Crippen LogP contribution in [0.3, 0.4) is 0 Å². The van der Waals surface area contributed by atoms with Crippen LogP contribution in [0.4, 0.5) is 0 Å². The predicted molar refractivity (Wildman–Crippen MR) is 98.2 cm³/mol. The van der Waals surface area contributed by atoms with Crippen LogP contribution in [-0.4, -0.2) is 35.6 Å². The van der Waals surface area contributed by atoms with Crippen LogP contribution in [0.15, 0.2) is 41.5 Å². The highest BCUT2D eigenvalue weighted by atomic mass is 16.6. The summed E-state index contributed by atoms with van der Waals surface area (Å²) >= 11 is 0. The lowest BCUT2D eigenvalue weighted by Gasteiger charge is -2.44. The molecule has 1 aromatic carbocycles. The fourth-order valence-corrected chi connectivity index (χ4v) is 5.19. The maximum atomic E-state index is 12.1. The molecule has 5 rings (SSSR count). The zero-order valence-corrected chi connectivity index (χ0v) is 15.3. The van der Waals surface area contributed by atoms with E-state index in [1.165, 1.54) is 35.1 Å². The van der Waals surface area contributed by atoms with Gasteiger partial charge in [0.25, 0.3) is 0 Å². The van der Waals surface area contributed by atoms with Crippen molar-refractivity contribution in [1.82, 2.24) is 4.90 Å². The van der Waals surface area contributed by atoms with E-state index in [4.69, 9.17) is 4.74 Å². The monoisotopic (exact) mass is 335 g/mol. The van der Waals surface area contributed by atoms with E-state index >= 15 is 0 Å². The number of carbonyl (C=O) groups is 1. The molecule has 2 fully saturated rings. The average Bonchev–Trinajstić information content (AvgIpc) is 3.01. The Labute approximate surface area is 149 Å². The van der Waals surface area contributed by atoms with Gasteiger partial charge in [0.15, 0.2) is 5.60 Å². The lowest BCUT2D eigenvalue weighted by molar-refractivity contribution is -0.146. The number of nitrogens with zero attached hydrogens (tertiary/aromatic N) is 1. The van der Waals surface area contributed by atoms with Gasteiger partial charge in [0.1, 0.15) is 0 Å². The summed E-state index contributed by atoms with van der Waals surface area (Å²) in [4.78, 5) is 14.7. The molecule has 3 heterocycles. The van der Waals surface area contributed by atoms with Crippen molar-refractivity contribution in [3.8, 4) is 0 Å². The third-order valence-corrected chi connectivity index (χ3v) is 6.43. The summed E-state index contributed by atoms with van der Waals surface area (Å²) in [7, 11) is 0. The third kappa shape index (κ3) is 1.93. The Balaban J connectivity index is 1.60. The molecule has 2 saturated heterocycles. The van der Waals surface area contributed by atoms with Crippen LogP contribution in [0.1, 0.15) is 51.2 Å². The molecule has 1 unspecified atom stereocenters. The molecule has 0 bridgehead atoms. The highest BCUT2D eigenvalue weighted by Gasteiger charge is 2.66. The molecule has 1 spiro atoms. The molecule has 1 aliphatic carbocycles. The lowest BCUT2D eigenvalue weighted by Crippen LogP contribution is -2.52. The van der Waals surface area contributed by atoms with Gasteiger partial charge in [-0.3, -0.25) is 4.90 Å². The van der Waals surface area contributed by atoms with Crippen LogP contribution in [0.5, 0.6) is 0 Å². The Bertz CT molecular complexity index is 825. The number of piperidine rings is 1. The molecule has 0 aromatic heterocycles. The SMILES string of the molecule is CC(C)(C)c1ccc(C2=C3CN4CCCCC4[C@]34OC(=O)C=C24)cc1. The van der Waals surface area contributed by atoms with E-state index in [1.54, 1.807) is 6.08 Å². The van der Waals surface area contributed by atoms with Gasteiger partial charge in [-0.2, -0.15) is 0 Å². The quantitative estimate of drug-likeness (QED) is 0.730. The second-order valence-corrected chi connectivity index (χ2v) is 8.88. The third-order valence-electron chi connectivity index (χ3n) is 6.43. The van der Waals surface area contributed by atoms with Crippen LogP contribution in [0, 0.1) is 0 Å². The van der Waals surface area contributed by atoms with E-state index in [9.17, 15) is 4.79 Å². The van der Waals surface area contributed by atoms with E-state index in [0.717, 1.165) is 25.1 Å². The van der Waals surface area contributed by atoms with Crippen molar-refractivity contribution in [2.75, 3.05) is 13.1 Å². The van der Waals surface area contributed by atoms with Crippen LogP contribution in [0.25, 0.3) is 5.57 Å².